The highest BCUT2D eigenvalue weighted by Gasteiger charge is 2.24. The van der Waals surface area contributed by atoms with Gasteiger partial charge in [0.2, 0.25) is 0 Å². The van der Waals surface area contributed by atoms with Crippen LogP contribution in [0.3, 0.4) is 0 Å². The van der Waals surface area contributed by atoms with E-state index in [-0.39, 0.29) is 30.0 Å². The lowest BCUT2D eigenvalue weighted by molar-refractivity contribution is 0.398. The molecule has 0 fully saturated rings. The number of halogens is 1. The number of aryl methyl sites for hydroxylation is 3. The highest BCUT2D eigenvalue weighted by Crippen LogP contribution is 2.22. The van der Waals surface area contributed by atoms with Crippen LogP contribution in [0.4, 0.5) is 0 Å². The van der Waals surface area contributed by atoms with Gasteiger partial charge in [-0.15, -0.1) is 24.0 Å². The van der Waals surface area contributed by atoms with Crippen LogP contribution in [-0.4, -0.2) is 39.3 Å². The van der Waals surface area contributed by atoms with Gasteiger partial charge in [-0.2, -0.15) is 5.10 Å². The Morgan fingerprint density at radius 2 is 2.24 bits per heavy atom. The predicted molar refractivity (Wildman–Crippen MR) is 109 cm³/mol. The first-order chi connectivity index (χ1) is 11.7. The SMILES string of the molecule is CN=C(NCCc1ccncc1C)NC1CCCn2nc(C)nc21.I. The largest absolute Gasteiger partial charge is 0.356 e. The second-order valence-electron chi connectivity index (χ2n) is 6.13. The molecule has 1 aliphatic heterocycles. The van der Waals surface area contributed by atoms with E-state index in [1.165, 1.54) is 11.1 Å². The second-order valence-corrected chi connectivity index (χ2v) is 6.13. The monoisotopic (exact) mass is 455 g/mol. The van der Waals surface area contributed by atoms with Gasteiger partial charge in [0.15, 0.2) is 5.96 Å². The average Bonchev–Trinajstić information content (AvgIpc) is 2.96. The Morgan fingerprint density at radius 3 is 3.00 bits per heavy atom. The number of hydrogen-bond donors (Lipinski definition) is 2. The molecule has 0 amide bonds. The van der Waals surface area contributed by atoms with Gasteiger partial charge < -0.3 is 10.6 Å². The number of nitrogens with zero attached hydrogens (tertiary/aromatic N) is 5. The van der Waals surface area contributed by atoms with E-state index in [4.69, 9.17) is 0 Å². The molecule has 0 bridgehead atoms. The summed E-state index contributed by atoms with van der Waals surface area (Å²) in [5.41, 5.74) is 2.53. The lowest BCUT2D eigenvalue weighted by Gasteiger charge is -2.25. The fraction of sp³-hybridized carbons (Fsp3) is 0.529. The van der Waals surface area contributed by atoms with Crippen molar-refractivity contribution in [2.45, 2.75) is 45.7 Å². The molecule has 1 aliphatic rings. The van der Waals surface area contributed by atoms with E-state index in [1.54, 1.807) is 7.05 Å². The molecule has 3 rings (SSSR count). The van der Waals surface area contributed by atoms with Gasteiger partial charge in [0, 0.05) is 32.5 Å². The van der Waals surface area contributed by atoms with E-state index in [0.717, 1.165) is 50.0 Å². The normalized spacial score (nSPS) is 16.8. The minimum absolute atomic E-state index is 0. The first-order valence-electron chi connectivity index (χ1n) is 8.45. The molecule has 25 heavy (non-hydrogen) atoms. The summed E-state index contributed by atoms with van der Waals surface area (Å²) < 4.78 is 2.00. The van der Waals surface area contributed by atoms with Crippen LogP contribution >= 0.6 is 24.0 Å². The maximum absolute atomic E-state index is 4.56. The van der Waals surface area contributed by atoms with Crippen molar-refractivity contribution in [3.8, 4) is 0 Å². The minimum Gasteiger partial charge on any atom is -0.356 e. The Bertz CT molecular complexity index is 726. The van der Waals surface area contributed by atoms with Gasteiger partial charge in [0.25, 0.3) is 0 Å². The molecule has 0 saturated carbocycles. The van der Waals surface area contributed by atoms with Gasteiger partial charge >= 0.3 is 0 Å². The minimum atomic E-state index is 0. The molecule has 1 atom stereocenters. The fourth-order valence-electron chi connectivity index (χ4n) is 3.06. The Labute approximate surface area is 165 Å². The van der Waals surface area contributed by atoms with Gasteiger partial charge in [0.05, 0.1) is 6.04 Å². The Morgan fingerprint density at radius 1 is 1.40 bits per heavy atom. The van der Waals surface area contributed by atoms with Gasteiger partial charge in [-0.25, -0.2) is 9.67 Å². The predicted octanol–water partition coefficient (Wildman–Crippen LogP) is 2.15. The fourth-order valence-corrected chi connectivity index (χ4v) is 3.06. The molecule has 8 heteroatoms. The summed E-state index contributed by atoms with van der Waals surface area (Å²) in [6, 6.07) is 2.23. The zero-order chi connectivity index (χ0) is 16.9. The zero-order valence-corrected chi connectivity index (χ0v) is 17.3. The third-order valence-corrected chi connectivity index (χ3v) is 4.34. The number of rotatable bonds is 4. The van der Waals surface area contributed by atoms with Gasteiger partial charge in [-0.3, -0.25) is 9.98 Å². The van der Waals surface area contributed by atoms with Crippen molar-refractivity contribution in [1.82, 2.24) is 30.4 Å². The van der Waals surface area contributed by atoms with Crippen LogP contribution < -0.4 is 10.6 Å². The molecule has 2 aromatic heterocycles. The van der Waals surface area contributed by atoms with Gasteiger partial charge in [-0.1, -0.05) is 0 Å². The van der Waals surface area contributed by atoms with Crippen molar-refractivity contribution in [1.29, 1.82) is 0 Å². The quantitative estimate of drug-likeness (QED) is 0.420. The molecule has 0 aromatic carbocycles. The molecule has 0 radical (unpaired) electrons. The molecule has 2 aromatic rings. The van der Waals surface area contributed by atoms with Crippen molar-refractivity contribution in [2.24, 2.45) is 4.99 Å². The van der Waals surface area contributed by atoms with Crippen LogP contribution in [0.2, 0.25) is 0 Å². The van der Waals surface area contributed by atoms with Crippen LogP contribution in [0.15, 0.2) is 23.5 Å². The molecule has 2 N–H and O–H groups in total. The molecular formula is C17H26IN7. The third-order valence-electron chi connectivity index (χ3n) is 4.34. The maximum atomic E-state index is 4.56. The Hall–Kier alpha value is -1.71. The molecule has 0 spiro atoms. The third kappa shape index (κ3) is 4.90. The summed E-state index contributed by atoms with van der Waals surface area (Å²) in [6.07, 6.45) is 6.82. The molecule has 0 saturated heterocycles. The number of nitrogens with one attached hydrogen (secondary N) is 2. The van der Waals surface area contributed by atoms with E-state index in [1.807, 2.05) is 24.0 Å². The van der Waals surface area contributed by atoms with E-state index in [9.17, 15) is 0 Å². The first-order valence-corrected chi connectivity index (χ1v) is 8.45. The van der Waals surface area contributed by atoms with Crippen molar-refractivity contribution in [3.05, 3.63) is 41.2 Å². The van der Waals surface area contributed by atoms with E-state index in [0.29, 0.717) is 0 Å². The van der Waals surface area contributed by atoms with Crippen molar-refractivity contribution >= 4 is 29.9 Å². The molecular weight excluding hydrogens is 429 g/mol. The number of aromatic nitrogens is 4. The summed E-state index contributed by atoms with van der Waals surface area (Å²) in [5.74, 6) is 2.64. The van der Waals surface area contributed by atoms with E-state index >= 15 is 0 Å². The number of guanidine groups is 1. The lowest BCUT2D eigenvalue weighted by atomic mass is 10.1. The molecule has 0 aliphatic carbocycles. The number of hydrogen-bond acceptors (Lipinski definition) is 4. The Balaban J connectivity index is 0.00000225. The van der Waals surface area contributed by atoms with E-state index < -0.39 is 0 Å². The smallest absolute Gasteiger partial charge is 0.191 e. The zero-order valence-electron chi connectivity index (χ0n) is 15.0. The molecule has 7 nitrogen and oxygen atoms in total. The van der Waals surface area contributed by atoms with Gasteiger partial charge in [-0.05, 0) is 50.3 Å². The highest BCUT2D eigenvalue weighted by atomic mass is 127. The Kier molecular flexibility index (Phi) is 7.15. The van der Waals surface area contributed by atoms with Crippen molar-refractivity contribution in [3.63, 3.8) is 0 Å². The van der Waals surface area contributed by atoms with Gasteiger partial charge in [0.1, 0.15) is 11.6 Å². The highest BCUT2D eigenvalue weighted by molar-refractivity contribution is 14.0. The summed E-state index contributed by atoms with van der Waals surface area (Å²) >= 11 is 0. The molecule has 1 unspecified atom stereocenters. The van der Waals surface area contributed by atoms with Crippen LogP contribution in [0.1, 0.15) is 41.7 Å². The summed E-state index contributed by atoms with van der Waals surface area (Å²) in [5, 5.41) is 11.3. The summed E-state index contributed by atoms with van der Waals surface area (Å²) in [6.45, 7) is 5.80. The average molecular weight is 455 g/mol. The summed E-state index contributed by atoms with van der Waals surface area (Å²) in [7, 11) is 1.80. The van der Waals surface area contributed by atoms with Crippen molar-refractivity contribution in [2.75, 3.05) is 13.6 Å². The number of pyridine rings is 1. The van der Waals surface area contributed by atoms with Crippen LogP contribution in [0, 0.1) is 13.8 Å². The van der Waals surface area contributed by atoms with Crippen LogP contribution in [0.25, 0.3) is 0 Å². The maximum Gasteiger partial charge on any atom is 0.191 e. The topological polar surface area (TPSA) is 80.0 Å². The summed E-state index contributed by atoms with van der Waals surface area (Å²) in [4.78, 5) is 13.0. The second kappa shape index (κ2) is 9.12. The van der Waals surface area contributed by atoms with Crippen molar-refractivity contribution < 1.29 is 0 Å². The van der Waals surface area contributed by atoms with E-state index in [2.05, 4.69) is 43.7 Å². The number of aliphatic imine (C=N–C) groups is 1. The first kappa shape index (κ1) is 19.6. The molecule has 3 heterocycles. The van der Waals surface area contributed by atoms with Crippen LogP contribution in [-0.2, 0) is 13.0 Å². The van der Waals surface area contributed by atoms with Crippen LogP contribution in [0.5, 0.6) is 0 Å². The molecule has 136 valence electrons. The lowest BCUT2D eigenvalue weighted by Crippen LogP contribution is -2.42. The standard InChI is InChI=1S/C17H25N7.HI/c1-12-11-19-8-6-14(12)7-9-20-17(18-3)22-15-5-4-10-24-16(15)21-13(2)23-24;/h6,8,11,15H,4-5,7,9-10H2,1-3H3,(H2,18,20,22);1H. The number of fused-ring (bicyclic) bond motifs is 1.